The van der Waals surface area contributed by atoms with E-state index in [9.17, 15) is 79.4 Å². The predicted molar refractivity (Wildman–Crippen MR) is 53.8 cm³/mol. The molecular formula is C10H3F17O3. The lowest BCUT2D eigenvalue weighted by Gasteiger charge is -2.41. The van der Waals surface area contributed by atoms with Crippen LogP contribution in [0.2, 0.25) is 0 Å². The van der Waals surface area contributed by atoms with Gasteiger partial charge in [-0.05, 0) is 0 Å². The summed E-state index contributed by atoms with van der Waals surface area (Å²) in [6, 6.07) is -4.74. The normalized spacial score (nSPS) is 17.7. The number of alkyl halides is 16. The fourth-order valence-electron chi connectivity index (χ4n) is 1.34. The molecule has 0 amide bonds. The average molecular weight is 494 g/mol. The molecule has 0 aromatic carbocycles. The van der Waals surface area contributed by atoms with Gasteiger partial charge in [0.25, 0.3) is 0 Å². The van der Waals surface area contributed by atoms with Crippen LogP contribution in [0.25, 0.3) is 0 Å². The summed E-state index contributed by atoms with van der Waals surface area (Å²) in [7, 11) is -0.564. The van der Waals surface area contributed by atoms with Crippen molar-refractivity contribution in [3.63, 3.8) is 0 Å². The van der Waals surface area contributed by atoms with Gasteiger partial charge in [-0.3, -0.25) is 9.53 Å². The molecule has 0 bridgehead atoms. The fourth-order valence-corrected chi connectivity index (χ4v) is 1.34. The van der Waals surface area contributed by atoms with Crippen molar-refractivity contribution in [2.24, 2.45) is 0 Å². The number of carbonyl (C=O) groups is 1. The van der Waals surface area contributed by atoms with Crippen LogP contribution in [0.4, 0.5) is 74.6 Å². The van der Waals surface area contributed by atoms with Crippen molar-refractivity contribution >= 4 is 6.04 Å². The standard InChI is InChI=1S/C10H3F17O3/c1-29-9(24,25)6(17,18)4(13,14)5(15,16)7(19,20)10(26,27)30-3(12,2(11)28)8(21,22)23/h1H3. The summed E-state index contributed by atoms with van der Waals surface area (Å²) in [4.78, 5) is 9.86. The Morgan fingerprint density at radius 2 is 0.867 bits per heavy atom. The van der Waals surface area contributed by atoms with Gasteiger partial charge < -0.3 is 4.74 Å². The summed E-state index contributed by atoms with van der Waals surface area (Å²) >= 11 is 0. The summed E-state index contributed by atoms with van der Waals surface area (Å²) < 4.78 is 221. The van der Waals surface area contributed by atoms with Crippen molar-refractivity contribution in [3.05, 3.63) is 0 Å². The third kappa shape index (κ3) is 3.75. The highest BCUT2D eigenvalue weighted by Gasteiger charge is 2.92. The average Bonchev–Trinajstić information content (AvgIpc) is 2.51. The molecule has 1 atom stereocenters. The maximum Gasteiger partial charge on any atom is 0.459 e. The first-order valence-corrected chi connectivity index (χ1v) is 6.19. The summed E-state index contributed by atoms with van der Waals surface area (Å²) in [5.41, 5.74) is 0. The zero-order valence-corrected chi connectivity index (χ0v) is 13.2. The minimum atomic E-state index is -8.47. The van der Waals surface area contributed by atoms with Gasteiger partial charge in [0.15, 0.2) is 0 Å². The van der Waals surface area contributed by atoms with Crippen molar-refractivity contribution in [1.29, 1.82) is 0 Å². The number of carbonyl (C=O) groups excluding carboxylic acids is 1. The van der Waals surface area contributed by atoms with Crippen LogP contribution in [-0.4, -0.2) is 61.1 Å². The molecule has 0 N–H and O–H groups in total. The molecule has 3 nitrogen and oxygen atoms in total. The quantitative estimate of drug-likeness (QED) is 0.331. The Labute approximate surface area is 151 Å². The van der Waals surface area contributed by atoms with Gasteiger partial charge in [-0.2, -0.15) is 74.6 Å². The molecule has 0 saturated carbocycles. The molecule has 180 valence electrons. The van der Waals surface area contributed by atoms with Gasteiger partial charge in [0.05, 0.1) is 0 Å². The molecule has 0 aliphatic rings. The Morgan fingerprint density at radius 3 is 1.10 bits per heavy atom. The van der Waals surface area contributed by atoms with Crippen LogP contribution >= 0.6 is 0 Å². The second-order valence-corrected chi connectivity index (χ2v) is 5.00. The van der Waals surface area contributed by atoms with E-state index >= 15 is 0 Å². The number of ether oxygens (including phenoxy) is 2. The first kappa shape index (κ1) is 28.4. The van der Waals surface area contributed by atoms with Crippen LogP contribution in [0.5, 0.6) is 0 Å². The Balaban J connectivity index is 6.60. The van der Waals surface area contributed by atoms with E-state index in [-0.39, 0.29) is 0 Å². The summed E-state index contributed by atoms with van der Waals surface area (Å²) in [5.74, 6) is -40.1. The smallest absolute Gasteiger partial charge is 0.319 e. The van der Waals surface area contributed by atoms with Crippen LogP contribution in [-0.2, 0) is 14.3 Å². The maximum atomic E-state index is 13.2. The first-order valence-electron chi connectivity index (χ1n) is 6.19. The summed E-state index contributed by atoms with van der Waals surface area (Å²) in [6.07, 6.45) is -22.2. The number of hydrogen-bond donors (Lipinski definition) is 0. The van der Waals surface area contributed by atoms with Crippen LogP contribution in [0.3, 0.4) is 0 Å². The van der Waals surface area contributed by atoms with Gasteiger partial charge in [0.2, 0.25) is 0 Å². The molecule has 20 heteroatoms. The van der Waals surface area contributed by atoms with E-state index in [4.69, 9.17) is 0 Å². The lowest BCUT2D eigenvalue weighted by molar-refractivity contribution is -0.496. The molecule has 0 rings (SSSR count). The highest BCUT2D eigenvalue weighted by atomic mass is 19.4. The van der Waals surface area contributed by atoms with Crippen LogP contribution in [0.15, 0.2) is 0 Å². The molecule has 0 heterocycles. The lowest BCUT2D eigenvalue weighted by Crippen LogP contribution is -2.72. The molecule has 0 spiro atoms. The molecular weight excluding hydrogens is 491 g/mol. The van der Waals surface area contributed by atoms with Gasteiger partial charge in [0.1, 0.15) is 0 Å². The molecule has 1 unspecified atom stereocenters. The van der Waals surface area contributed by atoms with Crippen molar-refractivity contribution in [2.75, 3.05) is 7.11 Å². The predicted octanol–water partition coefficient (Wildman–Crippen LogP) is 5.10. The zero-order chi connectivity index (χ0) is 25.0. The van der Waals surface area contributed by atoms with E-state index in [1.807, 2.05) is 0 Å². The van der Waals surface area contributed by atoms with Crippen molar-refractivity contribution in [1.82, 2.24) is 0 Å². The monoisotopic (exact) mass is 494 g/mol. The SMILES string of the molecule is COC(F)(F)C(F)(F)C(F)(F)C(F)(F)C(F)(F)C(F)(F)OC(F)(C(=O)F)C(F)(F)F. The Kier molecular flexibility index (Phi) is 6.84. The zero-order valence-electron chi connectivity index (χ0n) is 13.2. The Bertz CT molecular complexity index is 653. The van der Waals surface area contributed by atoms with Crippen LogP contribution < -0.4 is 0 Å². The molecule has 0 aromatic heterocycles. The van der Waals surface area contributed by atoms with E-state index in [2.05, 4.69) is 4.74 Å². The van der Waals surface area contributed by atoms with E-state index < -0.39 is 61.1 Å². The first-order chi connectivity index (χ1) is 12.7. The molecule has 0 fully saturated rings. The van der Waals surface area contributed by atoms with Crippen molar-refractivity contribution in [3.8, 4) is 0 Å². The Hall–Kier alpha value is -1.60. The molecule has 0 radical (unpaired) electrons. The van der Waals surface area contributed by atoms with Crippen molar-refractivity contribution < 1.29 is 88.9 Å². The number of methoxy groups -OCH3 is 1. The second kappa shape index (κ2) is 7.23. The van der Waals surface area contributed by atoms with Gasteiger partial charge in [0, 0.05) is 7.11 Å². The Morgan fingerprint density at radius 1 is 0.567 bits per heavy atom. The third-order valence-electron chi connectivity index (χ3n) is 3.06. The number of rotatable bonds is 9. The summed E-state index contributed by atoms with van der Waals surface area (Å²) in [6.45, 7) is 0. The highest BCUT2D eigenvalue weighted by molar-refractivity contribution is 5.77. The highest BCUT2D eigenvalue weighted by Crippen LogP contribution is 2.61. The van der Waals surface area contributed by atoms with Crippen LogP contribution in [0.1, 0.15) is 0 Å². The van der Waals surface area contributed by atoms with Crippen LogP contribution in [0, 0.1) is 0 Å². The molecule has 30 heavy (non-hydrogen) atoms. The molecule has 0 aliphatic carbocycles. The fraction of sp³-hybridized carbons (Fsp3) is 0.900. The van der Waals surface area contributed by atoms with E-state index in [1.165, 1.54) is 4.74 Å². The van der Waals surface area contributed by atoms with Gasteiger partial charge in [-0.25, -0.2) is 0 Å². The maximum absolute atomic E-state index is 13.2. The molecule has 0 aliphatic heterocycles. The van der Waals surface area contributed by atoms with Crippen molar-refractivity contribution in [2.45, 2.75) is 47.9 Å². The van der Waals surface area contributed by atoms with Gasteiger partial charge in [-0.15, -0.1) is 0 Å². The third-order valence-corrected chi connectivity index (χ3v) is 3.06. The van der Waals surface area contributed by atoms with Gasteiger partial charge in [-0.1, -0.05) is 0 Å². The van der Waals surface area contributed by atoms with E-state index in [0.717, 1.165) is 0 Å². The largest absolute Gasteiger partial charge is 0.459 e. The second-order valence-electron chi connectivity index (χ2n) is 5.00. The topological polar surface area (TPSA) is 35.5 Å². The molecule has 0 aromatic rings. The minimum Gasteiger partial charge on any atom is -0.319 e. The minimum absolute atomic E-state index is 0.564. The van der Waals surface area contributed by atoms with E-state index in [1.54, 1.807) is 0 Å². The number of hydrogen-bond acceptors (Lipinski definition) is 3. The lowest BCUT2D eigenvalue weighted by atomic mass is 9.97. The molecule has 0 saturated heterocycles. The number of halogens is 17. The van der Waals surface area contributed by atoms with Gasteiger partial charge >= 0.3 is 54.0 Å². The van der Waals surface area contributed by atoms with E-state index in [0.29, 0.717) is 0 Å². The summed E-state index contributed by atoms with van der Waals surface area (Å²) in [5, 5.41) is 0.